The number of rotatable bonds is 2. The van der Waals surface area contributed by atoms with Gasteiger partial charge in [0.2, 0.25) is 0 Å². The summed E-state index contributed by atoms with van der Waals surface area (Å²) in [6.45, 7) is 6.92. The minimum Gasteiger partial charge on any atom is -0.444 e. The van der Waals surface area contributed by atoms with Crippen molar-refractivity contribution in [3.63, 3.8) is 0 Å². The van der Waals surface area contributed by atoms with E-state index in [0.717, 1.165) is 19.4 Å². The van der Waals surface area contributed by atoms with E-state index >= 15 is 0 Å². The summed E-state index contributed by atoms with van der Waals surface area (Å²) in [4.78, 5) is 21.8. The van der Waals surface area contributed by atoms with Gasteiger partial charge in [-0.25, -0.2) is 14.8 Å². The number of ether oxygens (including phenoxy) is 1. The van der Waals surface area contributed by atoms with E-state index < -0.39 is 5.60 Å². The second-order valence-corrected chi connectivity index (χ2v) is 6.52. The van der Waals surface area contributed by atoms with E-state index in [4.69, 9.17) is 16.3 Å². The van der Waals surface area contributed by atoms with Crippen molar-refractivity contribution in [3.8, 4) is 0 Å². The second kappa shape index (κ2) is 6.47. The molecule has 1 saturated heterocycles. The molecule has 1 aromatic heterocycles. The van der Waals surface area contributed by atoms with Crippen LogP contribution in [0.25, 0.3) is 0 Å². The molecule has 0 aliphatic carbocycles. The van der Waals surface area contributed by atoms with Crippen LogP contribution in [0.2, 0.25) is 5.15 Å². The van der Waals surface area contributed by atoms with Crippen LogP contribution in [0.15, 0.2) is 12.4 Å². The smallest absolute Gasteiger partial charge is 0.410 e. The van der Waals surface area contributed by atoms with Crippen LogP contribution in [0.3, 0.4) is 0 Å². The lowest BCUT2D eigenvalue weighted by Crippen LogP contribution is -2.47. The summed E-state index contributed by atoms with van der Waals surface area (Å²) in [6, 6.07) is 1.81. The van der Waals surface area contributed by atoms with E-state index in [0.29, 0.717) is 17.5 Å². The molecular weight excluding hydrogens is 292 g/mol. The first-order chi connectivity index (χ1) is 9.83. The van der Waals surface area contributed by atoms with Gasteiger partial charge in [0.15, 0.2) is 0 Å². The van der Waals surface area contributed by atoms with Gasteiger partial charge in [0.1, 0.15) is 22.9 Å². The molecule has 0 unspecified atom stereocenters. The quantitative estimate of drug-likeness (QED) is 0.850. The van der Waals surface area contributed by atoms with Gasteiger partial charge in [-0.3, -0.25) is 0 Å². The Morgan fingerprint density at radius 1 is 1.48 bits per heavy atom. The van der Waals surface area contributed by atoms with Crippen LogP contribution in [-0.4, -0.2) is 45.7 Å². The van der Waals surface area contributed by atoms with Gasteiger partial charge in [-0.1, -0.05) is 11.6 Å². The summed E-state index contributed by atoms with van der Waals surface area (Å²) in [5, 5.41) is 3.68. The van der Waals surface area contributed by atoms with Crippen molar-refractivity contribution in [1.29, 1.82) is 0 Å². The molecular formula is C14H21ClN4O2. The Bertz CT molecular complexity index is 504. The predicted octanol–water partition coefficient (Wildman–Crippen LogP) is 2.94. The van der Waals surface area contributed by atoms with Crippen molar-refractivity contribution >= 4 is 23.5 Å². The summed E-state index contributed by atoms with van der Waals surface area (Å²) in [6.07, 6.45) is 3.05. The Morgan fingerprint density at radius 2 is 2.24 bits per heavy atom. The van der Waals surface area contributed by atoms with Crippen molar-refractivity contribution in [3.05, 3.63) is 17.5 Å². The Labute approximate surface area is 129 Å². The molecule has 21 heavy (non-hydrogen) atoms. The maximum absolute atomic E-state index is 12.1. The van der Waals surface area contributed by atoms with Crippen molar-refractivity contribution in [2.75, 3.05) is 18.4 Å². The largest absolute Gasteiger partial charge is 0.444 e. The van der Waals surface area contributed by atoms with Crippen LogP contribution in [0, 0.1) is 0 Å². The molecule has 2 rings (SSSR count). The first-order valence-corrected chi connectivity index (χ1v) is 7.43. The fourth-order valence-corrected chi connectivity index (χ4v) is 2.36. The number of nitrogens with zero attached hydrogens (tertiary/aromatic N) is 3. The van der Waals surface area contributed by atoms with Crippen LogP contribution >= 0.6 is 11.6 Å². The van der Waals surface area contributed by atoms with E-state index in [9.17, 15) is 4.79 Å². The van der Waals surface area contributed by atoms with Gasteiger partial charge in [0.05, 0.1) is 0 Å². The monoisotopic (exact) mass is 312 g/mol. The third-order valence-electron chi connectivity index (χ3n) is 3.06. The number of likely N-dealkylation sites (tertiary alicyclic amines) is 1. The maximum Gasteiger partial charge on any atom is 0.410 e. The number of hydrogen-bond acceptors (Lipinski definition) is 5. The molecule has 0 spiro atoms. The average Bonchev–Trinajstić information content (AvgIpc) is 2.37. The predicted molar refractivity (Wildman–Crippen MR) is 81.5 cm³/mol. The number of amides is 1. The minimum absolute atomic E-state index is 0.136. The fraction of sp³-hybridized carbons (Fsp3) is 0.643. The van der Waals surface area contributed by atoms with Crippen LogP contribution in [-0.2, 0) is 4.74 Å². The molecule has 0 bridgehead atoms. The zero-order valence-corrected chi connectivity index (χ0v) is 13.4. The molecule has 1 aliphatic heterocycles. The number of anilines is 1. The Hall–Kier alpha value is -1.56. The highest BCUT2D eigenvalue weighted by Gasteiger charge is 2.27. The Balaban J connectivity index is 1.93. The molecule has 1 aromatic rings. The van der Waals surface area contributed by atoms with Crippen LogP contribution in [0.5, 0.6) is 0 Å². The van der Waals surface area contributed by atoms with Crippen molar-refractivity contribution in [2.24, 2.45) is 0 Å². The zero-order chi connectivity index (χ0) is 15.5. The number of carbonyl (C=O) groups is 1. The normalized spacial score (nSPS) is 19.2. The number of halogens is 1. The first kappa shape index (κ1) is 15.8. The minimum atomic E-state index is -0.475. The zero-order valence-electron chi connectivity index (χ0n) is 12.6. The van der Waals surface area contributed by atoms with Crippen molar-refractivity contribution in [2.45, 2.75) is 45.3 Å². The van der Waals surface area contributed by atoms with Crippen LogP contribution in [0.4, 0.5) is 10.6 Å². The first-order valence-electron chi connectivity index (χ1n) is 7.05. The van der Waals surface area contributed by atoms with Crippen molar-refractivity contribution < 1.29 is 9.53 Å². The molecule has 7 heteroatoms. The third-order valence-corrected chi connectivity index (χ3v) is 3.27. The van der Waals surface area contributed by atoms with E-state index in [-0.39, 0.29) is 12.1 Å². The standard InChI is InChI=1S/C14H21ClN4O2/c1-14(2,3)21-13(20)19-6-4-5-10(8-19)18-12-7-11(15)16-9-17-12/h7,9-10H,4-6,8H2,1-3H3,(H,16,17,18)/t10-/m1/s1. The molecule has 6 nitrogen and oxygen atoms in total. The highest BCUT2D eigenvalue weighted by molar-refractivity contribution is 6.29. The van der Waals surface area contributed by atoms with Gasteiger partial charge >= 0.3 is 6.09 Å². The van der Waals surface area contributed by atoms with Crippen LogP contribution < -0.4 is 5.32 Å². The highest BCUT2D eigenvalue weighted by atomic mass is 35.5. The molecule has 0 saturated carbocycles. The number of aromatic nitrogens is 2. The summed E-state index contributed by atoms with van der Waals surface area (Å²) in [7, 11) is 0. The highest BCUT2D eigenvalue weighted by Crippen LogP contribution is 2.18. The lowest BCUT2D eigenvalue weighted by Gasteiger charge is -2.34. The van der Waals surface area contributed by atoms with E-state index in [1.807, 2.05) is 20.8 Å². The maximum atomic E-state index is 12.1. The Morgan fingerprint density at radius 3 is 2.90 bits per heavy atom. The fourth-order valence-electron chi connectivity index (χ4n) is 2.21. The lowest BCUT2D eigenvalue weighted by molar-refractivity contribution is 0.0206. The second-order valence-electron chi connectivity index (χ2n) is 6.14. The SMILES string of the molecule is CC(C)(C)OC(=O)N1CCC[C@@H](Nc2cc(Cl)ncn2)C1. The molecule has 116 valence electrons. The van der Waals surface area contributed by atoms with Gasteiger partial charge in [-0.2, -0.15) is 0 Å². The van der Waals surface area contributed by atoms with E-state index in [1.165, 1.54) is 6.33 Å². The van der Waals surface area contributed by atoms with Crippen LogP contribution in [0.1, 0.15) is 33.6 Å². The number of carbonyl (C=O) groups excluding carboxylic acids is 1. The van der Waals surface area contributed by atoms with Gasteiger partial charge < -0.3 is 15.0 Å². The average molecular weight is 313 g/mol. The third kappa shape index (κ3) is 5.04. The topological polar surface area (TPSA) is 67.3 Å². The molecule has 1 fully saturated rings. The van der Waals surface area contributed by atoms with Gasteiger partial charge in [-0.05, 0) is 33.6 Å². The molecule has 1 atom stereocenters. The summed E-state index contributed by atoms with van der Waals surface area (Å²) < 4.78 is 5.41. The Kier molecular flexibility index (Phi) is 4.88. The molecule has 0 radical (unpaired) electrons. The molecule has 0 aromatic carbocycles. The lowest BCUT2D eigenvalue weighted by atomic mass is 10.1. The molecule has 1 aliphatic rings. The molecule has 1 N–H and O–H groups in total. The summed E-state index contributed by atoms with van der Waals surface area (Å²) in [5.74, 6) is 0.672. The summed E-state index contributed by atoms with van der Waals surface area (Å²) in [5.41, 5.74) is -0.475. The molecule has 1 amide bonds. The van der Waals surface area contributed by atoms with E-state index in [1.54, 1.807) is 11.0 Å². The van der Waals surface area contributed by atoms with Gasteiger partial charge in [0.25, 0.3) is 0 Å². The van der Waals surface area contributed by atoms with Gasteiger partial charge in [-0.15, -0.1) is 0 Å². The molecule has 2 heterocycles. The summed E-state index contributed by atoms with van der Waals surface area (Å²) >= 11 is 5.84. The van der Waals surface area contributed by atoms with Crippen molar-refractivity contribution in [1.82, 2.24) is 14.9 Å². The van der Waals surface area contributed by atoms with E-state index in [2.05, 4.69) is 15.3 Å². The number of nitrogens with one attached hydrogen (secondary N) is 1. The number of hydrogen-bond donors (Lipinski definition) is 1. The number of piperidine rings is 1. The van der Waals surface area contributed by atoms with Gasteiger partial charge in [0, 0.05) is 25.2 Å².